The number of benzene rings is 1. The van der Waals surface area contributed by atoms with Crippen molar-refractivity contribution in [3.05, 3.63) is 23.8 Å². The molecule has 18 heavy (non-hydrogen) atoms. The van der Waals surface area contributed by atoms with Gasteiger partial charge in [-0.25, -0.2) is 0 Å². The van der Waals surface area contributed by atoms with Crippen molar-refractivity contribution in [3.63, 3.8) is 0 Å². The van der Waals surface area contributed by atoms with Gasteiger partial charge in [0.1, 0.15) is 13.2 Å². The smallest absolute Gasteiger partial charge is 0.166 e. The minimum absolute atomic E-state index is 0.0718. The van der Waals surface area contributed by atoms with Crippen molar-refractivity contribution in [1.82, 2.24) is 0 Å². The molecule has 2 unspecified atom stereocenters. The van der Waals surface area contributed by atoms with Crippen LogP contribution in [0.25, 0.3) is 0 Å². The molecule has 0 saturated heterocycles. The Kier molecular flexibility index (Phi) is 2.96. The van der Waals surface area contributed by atoms with E-state index in [1.807, 2.05) is 12.1 Å². The highest BCUT2D eigenvalue weighted by atomic mass is 16.6. The van der Waals surface area contributed by atoms with Gasteiger partial charge in [-0.05, 0) is 37.5 Å². The maximum Gasteiger partial charge on any atom is 0.166 e. The first kappa shape index (κ1) is 11.5. The highest BCUT2D eigenvalue weighted by Gasteiger charge is 2.29. The fraction of sp³-hybridized carbons (Fsp3) is 0.500. The zero-order chi connectivity index (χ0) is 12.5. The van der Waals surface area contributed by atoms with Crippen LogP contribution in [0.1, 0.15) is 29.6 Å². The third kappa shape index (κ3) is 2.08. The molecule has 1 aromatic rings. The van der Waals surface area contributed by atoms with E-state index in [-0.39, 0.29) is 17.7 Å². The van der Waals surface area contributed by atoms with Crippen molar-refractivity contribution < 1.29 is 14.3 Å². The van der Waals surface area contributed by atoms with Crippen LogP contribution in [-0.4, -0.2) is 25.0 Å². The van der Waals surface area contributed by atoms with Crippen LogP contribution >= 0.6 is 0 Å². The lowest BCUT2D eigenvalue weighted by Crippen LogP contribution is -2.19. The normalized spacial score (nSPS) is 26.1. The van der Waals surface area contributed by atoms with Crippen LogP contribution in [0.5, 0.6) is 11.5 Å². The Bertz CT molecular complexity index is 472. The average molecular weight is 247 g/mol. The maximum atomic E-state index is 12.3. The molecule has 2 atom stereocenters. The summed E-state index contributed by atoms with van der Waals surface area (Å²) in [5, 5.41) is 0. The van der Waals surface area contributed by atoms with Gasteiger partial charge in [-0.3, -0.25) is 4.79 Å². The minimum atomic E-state index is 0.0718. The number of hydrogen-bond acceptors (Lipinski definition) is 4. The van der Waals surface area contributed by atoms with Crippen molar-refractivity contribution >= 4 is 5.78 Å². The lowest BCUT2D eigenvalue weighted by atomic mass is 9.96. The molecule has 1 saturated carbocycles. The van der Waals surface area contributed by atoms with Gasteiger partial charge in [0.25, 0.3) is 0 Å². The fourth-order valence-electron chi connectivity index (χ4n) is 2.69. The molecule has 1 aromatic carbocycles. The molecule has 1 aliphatic carbocycles. The number of fused-ring (bicyclic) bond motifs is 1. The van der Waals surface area contributed by atoms with Crippen molar-refractivity contribution in [2.24, 2.45) is 11.7 Å². The molecule has 1 aliphatic heterocycles. The van der Waals surface area contributed by atoms with Gasteiger partial charge < -0.3 is 15.2 Å². The van der Waals surface area contributed by atoms with Crippen LogP contribution in [0.15, 0.2) is 18.2 Å². The van der Waals surface area contributed by atoms with Crippen molar-refractivity contribution in [1.29, 1.82) is 0 Å². The van der Waals surface area contributed by atoms with Crippen LogP contribution in [0.3, 0.4) is 0 Å². The fourth-order valence-corrected chi connectivity index (χ4v) is 2.69. The van der Waals surface area contributed by atoms with E-state index in [2.05, 4.69) is 0 Å². The molecule has 2 N–H and O–H groups in total. The zero-order valence-electron chi connectivity index (χ0n) is 10.2. The predicted molar refractivity (Wildman–Crippen MR) is 67.1 cm³/mol. The highest BCUT2D eigenvalue weighted by Crippen LogP contribution is 2.33. The van der Waals surface area contributed by atoms with E-state index in [4.69, 9.17) is 15.2 Å². The van der Waals surface area contributed by atoms with E-state index < -0.39 is 0 Å². The second-order valence-electron chi connectivity index (χ2n) is 4.99. The third-order valence-electron chi connectivity index (χ3n) is 3.67. The van der Waals surface area contributed by atoms with Gasteiger partial charge >= 0.3 is 0 Å². The van der Waals surface area contributed by atoms with Crippen molar-refractivity contribution in [2.75, 3.05) is 13.2 Å². The number of ether oxygens (including phenoxy) is 2. The van der Waals surface area contributed by atoms with E-state index in [9.17, 15) is 4.79 Å². The Labute approximate surface area is 106 Å². The maximum absolute atomic E-state index is 12.3. The molecule has 1 fully saturated rings. The molecule has 0 amide bonds. The molecule has 96 valence electrons. The summed E-state index contributed by atoms with van der Waals surface area (Å²) >= 11 is 0. The van der Waals surface area contributed by atoms with Gasteiger partial charge in [-0.15, -0.1) is 0 Å². The lowest BCUT2D eigenvalue weighted by molar-refractivity contribution is 0.0920. The number of rotatable bonds is 2. The van der Waals surface area contributed by atoms with Gasteiger partial charge in [0.05, 0.1) is 0 Å². The van der Waals surface area contributed by atoms with E-state index in [1.165, 1.54) is 0 Å². The second-order valence-corrected chi connectivity index (χ2v) is 4.99. The van der Waals surface area contributed by atoms with Gasteiger partial charge in [-0.2, -0.15) is 0 Å². The average Bonchev–Trinajstić information content (AvgIpc) is 2.84. The summed E-state index contributed by atoms with van der Waals surface area (Å²) in [5.41, 5.74) is 6.56. The standard InChI is InChI=1S/C14H17NO3/c15-11-3-1-9(7-11)14(16)10-2-4-12-13(8-10)18-6-5-17-12/h2,4,8-9,11H,1,3,5-7,15H2. The quantitative estimate of drug-likeness (QED) is 0.809. The number of ketones is 1. The number of carbonyl (C=O) groups excluding carboxylic acids is 1. The Balaban J connectivity index is 1.81. The van der Waals surface area contributed by atoms with E-state index in [0.717, 1.165) is 25.0 Å². The molecule has 0 spiro atoms. The molecule has 0 aromatic heterocycles. The first-order valence-electron chi connectivity index (χ1n) is 6.43. The minimum Gasteiger partial charge on any atom is -0.486 e. The number of nitrogens with two attached hydrogens (primary N) is 1. The number of Topliss-reactive ketones (excluding diaryl/α,β-unsaturated/α-hetero) is 1. The summed E-state index contributed by atoms with van der Waals surface area (Å²) in [4.78, 5) is 12.3. The highest BCUT2D eigenvalue weighted by molar-refractivity contribution is 5.98. The molecule has 3 rings (SSSR count). The van der Waals surface area contributed by atoms with Gasteiger partial charge in [-0.1, -0.05) is 0 Å². The molecule has 0 radical (unpaired) electrons. The summed E-state index contributed by atoms with van der Waals surface area (Å²) in [6, 6.07) is 5.60. The monoisotopic (exact) mass is 247 g/mol. The van der Waals surface area contributed by atoms with E-state index in [1.54, 1.807) is 6.07 Å². The van der Waals surface area contributed by atoms with Crippen LogP contribution in [0.4, 0.5) is 0 Å². The van der Waals surface area contributed by atoms with E-state index in [0.29, 0.717) is 24.5 Å². The van der Waals surface area contributed by atoms with Crippen LogP contribution < -0.4 is 15.2 Å². The topological polar surface area (TPSA) is 61.6 Å². The Morgan fingerprint density at radius 1 is 1.17 bits per heavy atom. The molecule has 2 aliphatic rings. The summed E-state index contributed by atoms with van der Waals surface area (Å²) < 4.78 is 10.9. The van der Waals surface area contributed by atoms with Crippen LogP contribution in [0.2, 0.25) is 0 Å². The Morgan fingerprint density at radius 3 is 2.67 bits per heavy atom. The zero-order valence-corrected chi connectivity index (χ0v) is 10.2. The number of carbonyl (C=O) groups is 1. The molecular weight excluding hydrogens is 230 g/mol. The van der Waals surface area contributed by atoms with Gasteiger partial charge in [0.15, 0.2) is 17.3 Å². The van der Waals surface area contributed by atoms with Crippen molar-refractivity contribution in [2.45, 2.75) is 25.3 Å². The third-order valence-corrected chi connectivity index (χ3v) is 3.67. The first-order valence-corrected chi connectivity index (χ1v) is 6.43. The predicted octanol–water partition coefficient (Wildman–Crippen LogP) is 1.77. The summed E-state index contributed by atoms with van der Waals surface area (Å²) in [6.45, 7) is 1.11. The summed E-state index contributed by atoms with van der Waals surface area (Å²) in [7, 11) is 0. The van der Waals surface area contributed by atoms with Crippen LogP contribution in [0, 0.1) is 5.92 Å². The molecule has 1 heterocycles. The lowest BCUT2D eigenvalue weighted by Gasteiger charge is -2.19. The molecule has 4 heteroatoms. The SMILES string of the molecule is NC1CCC(C(=O)c2ccc3c(c2)OCCO3)C1. The summed E-state index contributed by atoms with van der Waals surface area (Å²) in [5.74, 6) is 1.65. The second kappa shape index (κ2) is 4.61. The molecule has 0 bridgehead atoms. The molecule has 4 nitrogen and oxygen atoms in total. The molecular formula is C14H17NO3. The Morgan fingerprint density at radius 2 is 1.94 bits per heavy atom. The number of hydrogen-bond donors (Lipinski definition) is 1. The summed E-state index contributed by atoms with van der Waals surface area (Å²) in [6.07, 6.45) is 2.64. The Hall–Kier alpha value is -1.55. The first-order chi connectivity index (χ1) is 8.74. The van der Waals surface area contributed by atoms with E-state index >= 15 is 0 Å². The largest absolute Gasteiger partial charge is 0.486 e. The van der Waals surface area contributed by atoms with Gasteiger partial charge in [0, 0.05) is 17.5 Å². The van der Waals surface area contributed by atoms with Crippen molar-refractivity contribution in [3.8, 4) is 11.5 Å². The van der Waals surface area contributed by atoms with Gasteiger partial charge in [0.2, 0.25) is 0 Å². The van der Waals surface area contributed by atoms with Crippen LogP contribution in [-0.2, 0) is 0 Å².